The molecule has 176 valence electrons. The summed E-state index contributed by atoms with van der Waals surface area (Å²) in [5.41, 5.74) is 4.09. The minimum absolute atomic E-state index is 0.340. The van der Waals surface area contributed by atoms with Gasteiger partial charge in [0.15, 0.2) is 0 Å². The van der Waals surface area contributed by atoms with E-state index in [1.165, 1.54) is 0 Å². The van der Waals surface area contributed by atoms with E-state index in [0.29, 0.717) is 19.6 Å². The van der Waals surface area contributed by atoms with Crippen LogP contribution in [-0.4, -0.2) is 16.8 Å². The van der Waals surface area contributed by atoms with Gasteiger partial charge in [-0.2, -0.15) is 0 Å². The van der Waals surface area contributed by atoms with E-state index in [4.69, 9.17) is 0 Å². The molecule has 0 fully saturated rings. The molecular weight excluding hydrogens is 464 g/mol. The average molecular weight is 493 g/mol. The molecule has 0 atom stereocenters. The van der Waals surface area contributed by atoms with E-state index >= 15 is 0 Å². The fraction of sp³-hybridized carbons (Fsp3) is 0.143. The lowest BCUT2D eigenvalue weighted by Gasteiger charge is -2.05. The van der Waals surface area contributed by atoms with Crippen molar-refractivity contribution in [2.24, 2.45) is 0 Å². The Balaban J connectivity index is 0.000000191. The van der Waals surface area contributed by atoms with Gasteiger partial charge in [-0.25, -0.2) is 16.8 Å². The number of aryl methyl sites for hydroxylation is 4. The van der Waals surface area contributed by atoms with Gasteiger partial charge in [-0.1, -0.05) is 65.2 Å². The molecule has 4 aromatic carbocycles. The summed E-state index contributed by atoms with van der Waals surface area (Å²) in [5, 5.41) is 0. The Bertz CT molecular complexity index is 1420. The highest BCUT2D eigenvalue weighted by Crippen LogP contribution is 2.22. The first-order valence-electron chi connectivity index (χ1n) is 10.8. The molecule has 6 heteroatoms. The predicted octanol–water partition coefficient (Wildman–Crippen LogP) is 6.27. The van der Waals surface area contributed by atoms with Crippen molar-refractivity contribution in [2.45, 2.75) is 47.3 Å². The maximum Gasteiger partial charge on any atom is 0.206 e. The third-order valence-electron chi connectivity index (χ3n) is 5.29. The van der Waals surface area contributed by atoms with Crippen LogP contribution in [0.3, 0.4) is 0 Å². The van der Waals surface area contributed by atoms with E-state index in [-0.39, 0.29) is 0 Å². The van der Waals surface area contributed by atoms with Crippen molar-refractivity contribution in [2.75, 3.05) is 0 Å². The molecule has 0 aliphatic rings. The van der Waals surface area contributed by atoms with Gasteiger partial charge in [0.1, 0.15) is 0 Å². The minimum atomic E-state index is -3.38. The zero-order chi connectivity index (χ0) is 24.9. The van der Waals surface area contributed by atoms with Crippen LogP contribution >= 0.6 is 0 Å². The predicted molar refractivity (Wildman–Crippen MR) is 136 cm³/mol. The molecule has 4 nitrogen and oxygen atoms in total. The first-order valence-corrected chi connectivity index (χ1v) is 13.7. The Kier molecular flexibility index (Phi) is 7.75. The third kappa shape index (κ3) is 6.01. The second kappa shape index (κ2) is 10.4. The first-order chi connectivity index (χ1) is 16.0. The van der Waals surface area contributed by atoms with Gasteiger partial charge in [-0.3, -0.25) is 0 Å². The number of benzene rings is 4. The van der Waals surface area contributed by atoms with Crippen molar-refractivity contribution in [3.63, 3.8) is 0 Å². The zero-order valence-electron chi connectivity index (χ0n) is 19.7. The van der Waals surface area contributed by atoms with E-state index < -0.39 is 19.7 Å². The topological polar surface area (TPSA) is 68.3 Å². The van der Waals surface area contributed by atoms with Gasteiger partial charge in [-0.15, -0.1) is 0 Å². The fourth-order valence-electron chi connectivity index (χ4n) is 3.21. The van der Waals surface area contributed by atoms with Crippen LogP contribution in [0.25, 0.3) is 0 Å². The van der Waals surface area contributed by atoms with Crippen LogP contribution in [0, 0.1) is 27.7 Å². The van der Waals surface area contributed by atoms with Crippen molar-refractivity contribution in [1.29, 1.82) is 0 Å². The molecule has 0 aromatic heterocycles. The van der Waals surface area contributed by atoms with Crippen LogP contribution in [0.1, 0.15) is 22.3 Å². The molecule has 0 heterocycles. The van der Waals surface area contributed by atoms with Crippen LogP contribution < -0.4 is 0 Å². The molecule has 0 spiro atoms. The minimum Gasteiger partial charge on any atom is -0.219 e. The summed E-state index contributed by atoms with van der Waals surface area (Å²) >= 11 is 0. The molecule has 4 aromatic rings. The zero-order valence-corrected chi connectivity index (χ0v) is 21.3. The van der Waals surface area contributed by atoms with Crippen molar-refractivity contribution in [3.8, 4) is 0 Å². The van der Waals surface area contributed by atoms with Gasteiger partial charge in [0, 0.05) is 0 Å². The molecule has 34 heavy (non-hydrogen) atoms. The second-order valence-electron chi connectivity index (χ2n) is 8.26. The van der Waals surface area contributed by atoms with Crippen molar-refractivity contribution >= 4 is 19.7 Å². The molecule has 0 unspecified atom stereocenters. The Morgan fingerprint density at radius 3 is 1.03 bits per heavy atom. The SMILES string of the molecule is Cc1ccc(S(=O)(=O)c2ccc(C)cc2)cc1.Cc1ccc(S(=O)(=O)c2cccc(C)c2)cc1. The summed E-state index contributed by atoms with van der Waals surface area (Å²) in [5.74, 6) is 0. The molecule has 0 saturated carbocycles. The number of hydrogen-bond acceptors (Lipinski definition) is 4. The summed E-state index contributed by atoms with van der Waals surface area (Å²) in [6, 6.07) is 27.7. The van der Waals surface area contributed by atoms with E-state index in [1.807, 2.05) is 45.9 Å². The van der Waals surface area contributed by atoms with Gasteiger partial charge >= 0.3 is 0 Å². The van der Waals surface area contributed by atoms with E-state index in [9.17, 15) is 16.8 Å². The smallest absolute Gasteiger partial charge is 0.206 e. The summed E-state index contributed by atoms with van der Waals surface area (Å²) in [4.78, 5) is 1.37. The lowest BCUT2D eigenvalue weighted by atomic mass is 10.2. The van der Waals surface area contributed by atoms with Crippen molar-refractivity contribution in [1.82, 2.24) is 0 Å². The maximum absolute atomic E-state index is 12.3. The van der Waals surface area contributed by atoms with E-state index in [1.54, 1.807) is 78.9 Å². The molecule has 0 aliphatic heterocycles. The second-order valence-corrected chi connectivity index (χ2v) is 12.2. The van der Waals surface area contributed by atoms with Crippen LogP contribution in [0.2, 0.25) is 0 Å². The average Bonchev–Trinajstić information content (AvgIpc) is 2.80. The Labute approximate surface area is 202 Å². The van der Waals surface area contributed by atoms with Gasteiger partial charge in [0.05, 0.1) is 19.6 Å². The highest BCUT2D eigenvalue weighted by atomic mass is 32.2. The monoisotopic (exact) mass is 492 g/mol. The molecule has 0 N–H and O–H groups in total. The maximum atomic E-state index is 12.3. The highest BCUT2D eigenvalue weighted by molar-refractivity contribution is 7.91. The summed E-state index contributed by atoms with van der Waals surface area (Å²) in [6.07, 6.45) is 0. The summed E-state index contributed by atoms with van der Waals surface area (Å²) < 4.78 is 49.1. The number of hydrogen-bond donors (Lipinski definition) is 0. The van der Waals surface area contributed by atoms with E-state index in [0.717, 1.165) is 22.3 Å². The van der Waals surface area contributed by atoms with Crippen molar-refractivity contribution < 1.29 is 16.8 Å². The fourth-order valence-corrected chi connectivity index (χ4v) is 5.83. The van der Waals surface area contributed by atoms with Gasteiger partial charge in [0.2, 0.25) is 19.7 Å². The standard InChI is InChI=1S/2C14H14O2S/c1-11-3-7-13(8-4-11)17(15,16)14-9-5-12(2)6-10-14;1-11-6-8-13(9-7-11)17(15,16)14-5-3-4-12(2)10-14/h2*3-10H,1-2H3. The van der Waals surface area contributed by atoms with Crippen LogP contribution in [0.5, 0.6) is 0 Å². The molecule has 0 aliphatic carbocycles. The van der Waals surface area contributed by atoms with Crippen LogP contribution in [-0.2, 0) is 19.7 Å². The normalized spacial score (nSPS) is 11.4. The number of sulfone groups is 2. The third-order valence-corrected chi connectivity index (χ3v) is 8.85. The summed E-state index contributed by atoms with van der Waals surface area (Å²) in [7, 11) is -6.75. The lowest BCUT2D eigenvalue weighted by molar-refractivity contribution is 0.594. The molecule has 4 rings (SSSR count). The highest BCUT2D eigenvalue weighted by Gasteiger charge is 2.17. The van der Waals surface area contributed by atoms with Crippen LogP contribution in [0.15, 0.2) is 117 Å². The molecular formula is C28H28O4S2. The van der Waals surface area contributed by atoms with E-state index in [2.05, 4.69) is 0 Å². The molecule has 0 bridgehead atoms. The molecule has 0 saturated heterocycles. The summed E-state index contributed by atoms with van der Waals surface area (Å²) in [6.45, 7) is 7.68. The quantitative estimate of drug-likeness (QED) is 0.337. The number of rotatable bonds is 4. The largest absolute Gasteiger partial charge is 0.219 e. The van der Waals surface area contributed by atoms with Crippen LogP contribution in [0.4, 0.5) is 0 Å². The Morgan fingerprint density at radius 1 is 0.382 bits per heavy atom. The van der Waals surface area contributed by atoms with Crippen molar-refractivity contribution in [3.05, 3.63) is 119 Å². The van der Waals surface area contributed by atoms with Gasteiger partial charge in [0.25, 0.3) is 0 Å². The molecule has 0 amide bonds. The first kappa shape index (κ1) is 25.4. The van der Waals surface area contributed by atoms with Gasteiger partial charge < -0.3 is 0 Å². The Morgan fingerprint density at radius 2 is 0.706 bits per heavy atom. The lowest BCUT2D eigenvalue weighted by Crippen LogP contribution is -2.02. The van der Waals surface area contributed by atoms with Gasteiger partial charge in [-0.05, 0) is 81.8 Å². The molecule has 0 radical (unpaired) electrons. The Hall–Kier alpha value is -3.22.